The molecule has 17 heavy (non-hydrogen) atoms. The average Bonchev–Trinajstić information content (AvgIpc) is 2.77. The number of aliphatic hydroxyl groups excluding tert-OH is 1. The Kier molecular flexibility index (Phi) is 3.76. The van der Waals surface area contributed by atoms with Crippen molar-refractivity contribution in [3.8, 4) is 11.8 Å². The second-order valence-corrected chi connectivity index (χ2v) is 4.42. The highest BCUT2D eigenvalue weighted by Gasteiger charge is 2.01. The van der Waals surface area contributed by atoms with Gasteiger partial charge in [-0.25, -0.2) is 0 Å². The lowest BCUT2D eigenvalue weighted by Crippen LogP contribution is -2.04. The lowest BCUT2D eigenvalue weighted by molar-refractivity contribution is 0.350. The zero-order valence-electron chi connectivity index (χ0n) is 9.09. The number of aromatic nitrogens is 1. The van der Waals surface area contributed by atoms with Crippen molar-refractivity contribution in [3.05, 3.63) is 56.6 Å². The van der Waals surface area contributed by atoms with Crippen LogP contribution in [0.2, 0.25) is 0 Å². The number of thiophene rings is 1. The maximum absolute atomic E-state index is 11.0. The van der Waals surface area contributed by atoms with Crippen molar-refractivity contribution in [1.29, 1.82) is 0 Å². The summed E-state index contributed by atoms with van der Waals surface area (Å²) in [5.41, 5.74) is 0.940. The van der Waals surface area contributed by atoms with Crippen LogP contribution in [-0.2, 0) is 6.54 Å². The second-order valence-electron chi connectivity index (χ2n) is 3.42. The van der Waals surface area contributed by atoms with E-state index in [1.165, 1.54) is 12.1 Å². The molecule has 4 heteroatoms. The van der Waals surface area contributed by atoms with Crippen LogP contribution in [0.4, 0.5) is 0 Å². The summed E-state index contributed by atoms with van der Waals surface area (Å²) in [4.78, 5) is 12.1. The molecule has 2 rings (SSSR count). The fraction of sp³-hybridized carbons (Fsp3) is 0.154. The molecule has 0 saturated heterocycles. The minimum Gasteiger partial charge on any atom is -0.384 e. The third kappa shape index (κ3) is 3.06. The number of pyridine rings is 1. The quantitative estimate of drug-likeness (QED) is 0.810. The largest absolute Gasteiger partial charge is 0.384 e. The summed E-state index contributed by atoms with van der Waals surface area (Å²) in [6.07, 6.45) is 3.51. The molecule has 2 aromatic rings. The monoisotopic (exact) mass is 245 g/mol. The van der Waals surface area contributed by atoms with Crippen LogP contribution in [0.25, 0.3) is 0 Å². The Balaban J connectivity index is 2.21. The Morgan fingerprint density at radius 2 is 2.06 bits per heavy atom. The molecule has 0 unspecified atom stereocenters. The SMILES string of the molecule is O=c1ccn(Cc2sccc2C#CCO)cc1. The van der Waals surface area contributed by atoms with Gasteiger partial charge in [0, 0.05) is 35.0 Å². The third-order valence-corrected chi connectivity index (χ3v) is 3.14. The molecule has 86 valence electrons. The van der Waals surface area contributed by atoms with Crippen LogP contribution < -0.4 is 5.43 Å². The highest BCUT2D eigenvalue weighted by atomic mass is 32.1. The highest BCUT2D eigenvalue weighted by molar-refractivity contribution is 7.10. The Morgan fingerprint density at radius 1 is 1.29 bits per heavy atom. The van der Waals surface area contributed by atoms with Gasteiger partial charge < -0.3 is 9.67 Å². The third-order valence-electron chi connectivity index (χ3n) is 2.23. The molecular formula is C13H11NO2S. The van der Waals surface area contributed by atoms with E-state index in [4.69, 9.17) is 5.11 Å². The summed E-state index contributed by atoms with van der Waals surface area (Å²) >= 11 is 1.62. The summed E-state index contributed by atoms with van der Waals surface area (Å²) < 4.78 is 1.93. The fourth-order valence-corrected chi connectivity index (χ4v) is 2.26. The van der Waals surface area contributed by atoms with E-state index in [1.807, 2.05) is 16.0 Å². The Bertz CT molecular complexity index is 596. The Labute approximate surface area is 103 Å². The Morgan fingerprint density at radius 3 is 2.76 bits per heavy atom. The van der Waals surface area contributed by atoms with Gasteiger partial charge in [0.1, 0.15) is 6.61 Å². The van der Waals surface area contributed by atoms with Gasteiger partial charge in [0.25, 0.3) is 0 Å². The van der Waals surface area contributed by atoms with Gasteiger partial charge in [-0.3, -0.25) is 4.79 Å². The number of rotatable bonds is 2. The summed E-state index contributed by atoms with van der Waals surface area (Å²) in [6, 6.07) is 5.00. The average molecular weight is 245 g/mol. The lowest BCUT2D eigenvalue weighted by Gasteiger charge is -2.03. The zero-order valence-corrected chi connectivity index (χ0v) is 9.91. The van der Waals surface area contributed by atoms with Gasteiger partial charge in [-0.1, -0.05) is 11.8 Å². The first-order chi connectivity index (χ1) is 8.29. The van der Waals surface area contributed by atoms with Crippen molar-refractivity contribution < 1.29 is 5.11 Å². The smallest absolute Gasteiger partial charge is 0.181 e. The molecule has 0 atom stereocenters. The van der Waals surface area contributed by atoms with Crippen molar-refractivity contribution in [2.24, 2.45) is 0 Å². The van der Waals surface area contributed by atoms with Gasteiger partial charge in [0.2, 0.25) is 0 Å². The van der Waals surface area contributed by atoms with E-state index >= 15 is 0 Å². The summed E-state index contributed by atoms with van der Waals surface area (Å²) in [7, 11) is 0. The molecule has 3 nitrogen and oxygen atoms in total. The van der Waals surface area contributed by atoms with Crippen molar-refractivity contribution in [3.63, 3.8) is 0 Å². The standard InChI is InChI=1S/C13H11NO2S/c15-8-1-2-11-5-9-17-13(11)10-14-6-3-12(16)4-7-14/h3-7,9,15H,8,10H2. The predicted octanol–water partition coefficient (Wildman–Crippen LogP) is 1.30. The zero-order chi connectivity index (χ0) is 12.1. The Hall–Kier alpha value is -1.83. The number of hydrogen-bond donors (Lipinski definition) is 1. The molecule has 0 amide bonds. The lowest BCUT2D eigenvalue weighted by atomic mass is 10.2. The van der Waals surface area contributed by atoms with Gasteiger partial charge in [-0.2, -0.15) is 0 Å². The molecule has 2 heterocycles. The fourth-order valence-electron chi connectivity index (χ4n) is 1.42. The van der Waals surface area contributed by atoms with Gasteiger partial charge in [0.05, 0.1) is 6.54 Å². The highest BCUT2D eigenvalue weighted by Crippen LogP contribution is 2.16. The maximum atomic E-state index is 11.0. The van der Waals surface area contributed by atoms with Crippen LogP contribution in [0.15, 0.2) is 40.8 Å². The summed E-state index contributed by atoms with van der Waals surface area (Å²) in [6.45, 7) is 0.556. The van der Waals surface area contributed by atoms with Crippen LogP contribution in [-0.4, -0.2) is 16.3 Å². The van der Waals surface area contributed by atoms with Crippen LogP contribution in [0.1, 0.15) is 10.4 Å². The maximum Gasteiger partial charge on any atom is 0.181 e. The first-order valence-corrected chi connectivity index (χ1v) is 6.00. The van der Waals surface area contributed by atoms with E-state index in [2.05, 4.69) is 11.8 Å². The predicted molar refractivity (Wildman–Crippen MR) is 68.1 cm³/mol. The van der Waals surface area contributed by atoms with Crippen LogP contribution in [0, 0.1) is 11.8 Å². The topological polar surface area (TPSA) is 42.2 Å². The van der Waals surface area contributed by atoms with Gasteiger partial charge >= 0.3 is 0 Å². The van der Waals surface area contributed by atoms with Crippen molar-refractivity contribution in [2.45, 2.75) is 6.54 Å². The molecule has 0 aromatic carbocycles. The van der Waals surface area contributed by atoms with Gasteiger partial charge in [0.15, 0.2) is 5.43 Å². The van der Waals surface area contributed by atoms with E-state index in [-0.39, 0.29) is 12.0 Å². The molecule has 0 saturated carbocycles. The molecule has 0 aliphatic rings. The molecule has 1 N–H and O–H groups in total. The molecule has 0 aliphatic heterocycles. The molecule has 0 spiro atoms. The first kappa shape index (κ1) is 11.6. The molecule has 0 aliphatic carbocycles. The summed E-state index contributed by atoms with van der Waals surface area (Å²) in [5.74, 6) is 5.55. The molecule has 0 fully saturated rings. The van der Waals surface area contributed by atoms with Crippen molar-refractivity contribution in [1.82, 2.24) is 4.57 Å². The van der Waals surface area contributed by atoms with E-state index in [1.54, 1.807) is 23.7 Å². The molecule has 0 radical (unpaired) electrons. The second kappa shape index (κ2) is 5.48. The normalized spacial score (nSPS) is 9.71. The minimum atomic E-state index is -0.132. The number of aliphatic hydroxyl groups is 1. The van der Waals surface area contributed by atoms with Crippen LogP contribution in [0.3, 0.4) is 0 Å². The number of nitrogens with zero attached hydrogens (tertiary/aromatic N) is 1. The van der Waals surface area contributed by atoms with E-state index in [9.17, 15) is 4.79 Å². The van der Waals surface area contributed by atoms with E-state index in [0.717, 1.165) is 10.4 Å². The van der Waals surface area contributed by atoms with E-state index in [0.29, 0.717) is 6.54 Å². The minimum absolute atomic E-state index is 0.00715. The van der Waals surface area contributed by atoms with Crippen molar-refractivity contribution in [2.75, 3.05) is 6.61 Å². The number of hydrogen-bond acceptors (Lipinski definition) is 3. The molecule has 2 aromatic heterocycles. The van der Waals surface area contributed by atoms with Crippen LogP contribution in [0.5, 0.6) is 0 Å². The molecular weight excluding hydrogens is 234 g/mol. The van der Waals surface area contributed by atoms with Gasteiger partial charge in [-0.05, 0) is 11.4 Å². The van der Waals surface area contributed by atoms with Crippen molar-refractivity contribution >= 4 is 11.3 Å². The van der Waals surface area contributed by atoms with Crippen LogP contribution >= 0.6 is 11.3 Å². The molecule has 0 bridgehead atoms. The van der Waals surface area contributed by atoms with E-state index < -0.39 is 0 Å². The first-order valence-electron chi connectivity index (χ1n) is 5.12. The van der Waals surface area contributed by atoms with Gasteiger partial charge in [-0.15, -0.1) is 11.3 Å². The summed E-state index contributed by atoms with van der Waals surface area (Å²) in [5, 5.41) is 10.6.